The van der Waals surface area contributed by atoms with Crippen LogP contribution in [0.25, 0.3) is 0 Å². The summed E-state index contributed by atoms with van der Waals surface area (Å²) in [6.07, 6.45) is 0.145. The first-order valence-corrected chi connectivity index (χ1v) is 9.50. The first-order chi connectivity index (χ1) is 12.5. The van der Waals surface area contributed by atoms with E-state index in [2.05, 4.69) is 17.1 Å². The number of piperidine rings is 1. The van der Waals surface area contributed by atoms with Crippen LogP contribution in [-0.4, -0.2) is 48.8 Å². The number of amides is 1. The number of nitrogens with one attached hydrogen (secondary N) is 1. The zero-order valence-corrected chi connectivity index (χ0v) is 17.2. The lowest BCUT2D eigenvalue weighted by Gasteiger charge is -2.35. The van der Waals surface area contributed by atoms with E-state index < -0.39 is 23.7 Å². The topological polar surface area (TPSA) is 67.9 Å². The van der Waals surface area contributed by atoms with Crippen molar-refractivity contribution >= 4 is 12.1 Å². The number of carbonyl (C=O) groups excluding carboxylic acids is 2. The molecule has 0 bridgehead atoms. The zero-order valence-electron chi connectivity index (χ0n) is 17.2. The first kappa shape index (κ1) is 21.2. The molecule has 1 aliphatic heterocycles. The van der Waals surface area contributed by atoms with Gasteiger partial charge in [0.1, 0.15) is 11.7 Å². The van der Waals surface area contributed by atoms with Gasteiger partial charge in [-0.05, 0) is 59.2 Å². The van der Waals surface area contributed by atoms with Crippen LogP contribution in [0.2, 0.25) is 0 Å². The summed E-state index contributed by atoms with van der Waals surface area (Å²) in [5.41, 5.74) is 1.10. The van der Waals surface area contributed by atoms with E-state index in [9.17, 15) is 9.59 Å². The predicted molar refractivity (Wildman–Crippen MR) is 104 cm³/mol. The smallest absolute Gasteiger partial charge is 0.408 e. The molecule has 27 heavy (non-hydrogen) atoms. The molecule has 1 saturated heterocycles. The highest BCUT2D eigenvalue weighted by atomic mass is 16.6. The van der Waals surface area contributed by atoms with Crippen LogP contribution in [0.15, 0.2) is 24.3 Å². The van der Waals surface area contributed by atoms with Crippen molar-refractivity contribution < 1.29 is 19.1 Å². The van der Waals surface area contributed by atoms with Crippen LogP contribution in [0.5, 0.6) is 0 Å². The van der Waals surface area contributed by atoms with E-state index in [1.165, 1.54) is 0 Å². The van der Waals surface area contributed by atoms with Crippen LogP contribution < -0.4 is 5.32 Å². The molecular formula is C21H32N2O4. The lowest BCUT2D eigenvalue weighted by atomic mass is 9.96. The number of alkyl carbamates (subject to hydrolysis) is 1. The van der Waals surface area contributed by atoms with Crippen molar-refractivity contribution in [2.45, 2.75) is 58.8 Å². The number of likely N-dealkylation sites (N-methyl/N-ethyl adjacent to an activating group) is 1. The molecular weight excluding hydrogens is 344 g/mol. The van der Waals surface area contributed by atoms with E-state index in [0.717, 1.165) is 18.5 Å². The van der Waals surface area contributed by atoms with Gasteiger partial charge in [0, 0.05) is 6.54 Å². The van der Waals surface area contributed by atoms with Gasteiger partial charge in [-0.25, -0.2) is 9.59 Å². The second-order valence-electron chi connectivity index (χ2n) is 8.49. The molecule has 150 valence electrons. The van der Waals surface area contributed by atoms with Gasteiger partial charge in [0.2, 0.25) is 0 Å². The summed E-state index contributed by atoms with van der Waals surface area (Å²) in [4.78, 5) is 27.4. The number of hydrogen-bond acceptors (Lipinski definition) is 5. The van der Waals surface area contributed by atoms with Gasteiger partial charge in [-0.1, -0.05) is 36.8 Å². The molecule has 1 aromatic rings. The molecule has 0 radical (unpaired) electrons. The monoisotopic (exact) mass is 376 g/mol. The van der Waals surface area contributed by atoms with E-state index in [1.54, 1.807) is 20.8 Å². The fourth-order valence-corrected chi connectivity index (χ4v) is 3.02. The van der Waals surface area contributed by atoms with Crippen molar-refractivity contribution in [3.63, 3.8) is 0 Å². The number of aryl methyl sites for hydroxylation is 1. The van der Waals surface area contributed by atoms with Gasteiger partial charge in [0.15, 0.2) is 6.04 Å². The molecule has 2 unspecified atom stereocenters. The maximum atomic E-state index is 12.9. The van der Waals surface area contributed by atoms with Crippen molar-refractivity contribution in [1.82, 2.24) is 10.2 Å². The zero-order chi connectivity index (χ0) is 20.2. The van der Waals surface area contributed by atoms with Gasteiger partial charge in [-0.2, -0.15) is 0 Å². The molecule has 0 aromatic heterocycles. The third-order valence-corrected chi connectivity index (χ3v) is 4.67. The Morgan fingerprint density at radius 2 is 1.85 bits per heavy atom. The van der Waals surface area contributed by atoms with Crippen LogP contribution in [0.4, 0.5) is 4.79 Å². The summed E-state index contributed by atoms with van der Waals surface area (Å²) in [5, 5.41) is 2.68. The van der Waals surface area contributed by atoms with Gasteiger partial charge in [0.05, 0.1) is 0 Å². The molecule has 0 spiro atoms. The Morgan fingerprint density at radius 3 is 2.44 bits per heavy atom. The highest BCUT2D eigenvalue weighted by Gasteiger charge is 2.32. The summed E-state index contributed by atoms with van der Waals surface area (Å²) in [7, 11) is 2.02. The number of likely N-dealkylation sites (tertiary alicyclic amines) is 1. The minimum absolute atomic E-state index is 0.190. The minimum Gasteiger partial charge on any atom is -0.459 e. The van der Waals surface area contributed by atoms with Crippen molar-refractivity contribution in [3.05, 3.63) is 35.4 Å². The number of benzene rings is 1. The maximum absolute atomic E-state index is 12.9. The van der Waals surface area contributed by atoms with Crippen molar-refractivity contribution in [3.8, 4) is 0 Å². The second kappa shape index (κ2) is 8.74. The average Bonchev–Trinajstić information content (AvgIpc) is 2.55. The van der Waals surface area contributed by atoms with Crippen molar-refractivity contribution in [2.75, 3.05) is 20.1 Å². The van der Waals surface area contributed by atoms with Crippen LogP contribution >= 0.6 is 0 Å². The summed E-state index contributed by atoms with van der Waals surface area (Å²) in [5.74, 6) is -0.179. The highest BCUT2D eigenvalue weighted by molar-refractivity contribution is 5.83. The molecule has 1 N–H and O–H groups in total. The quantitative estimate of drug-likeness (QED) is 0.815. The molecule has 1 heterocycles. The molecule has 0 saturated carbocycles. The number of hydrogen-bond donors (Lipinski definition) is 1. The van der Waals surface area contributed by atoms with Crippen LogP contribution in [-0.2, 0) is 14.3 Å². The molecule has 6 nitrogen and oxygen atoms in total. The summed E-state index contributed by atoms with van der Waals surface area (Å²) < 4.78 is 11.1. The van der Waals surface area contributed by atoms with Gasteiger partial charge in [-0.3, -0.25) is 0 Å². The van der Waals surface area contributed by atoms with Crippen LogP contribution in [0, 0.1) is 12.8 Å². The Balaban J connectivity index is 2.16. The Kier molecular flexibility index (Phi) is 6.87. The van der Waals surface area contributed by atoms with Crippen LogP contribution in [0.1, 0.15) is 51.3 Å². The van der Waals surface area contributed by atoms with E-state index in [0.29, 0.717) is 12.1 Å². The molecule has 6 heteroatoms. The Bertz CT molecular complexity index is 651. The summed E-state index contributed by atoms with van der Waals surface area (Å²) in [6, 6.07) is 6.57. The number of rotatable bonds is 4. The molecule has 0 aliphatic carbocycles. The fourth-order valence-electron chi connectivity index (χ4n) is 3.02. The Morgan fingerprint density at radius 1 is 1.22 bits per heavy atom. The molecule has 1 aliphatic rings. The Labute approximate surface area is 162 Å². The van der Waals surface area contributed by atoms with Crippen LogP contribution in [0.3, 0.4) is 0 Å². The SMILES string of the molecule is Cc1ccc(C(NC(=O)OC(C)(C)C)C(=O)O[C@H]2CN(C)CCC2C)cc1. The summed E-state index contributed by atoms with van der Waals surface area (Å²) >= 11 is 0. The van der Waals surface area contributed by atoms with E-state index >= 15 is 0 Å². The third-order valence-electron chi connectivity index (χ3n) is 4.67. The lowest BCUT2D eigenvalue weighted by Crippen LogP contribution is -2.45. The number of esters is 1. The molecule has 2 rings (SSSR count). The van der Waals surface area contributed by atoms with Gasteiger partial charge in [-0.15, -0.1) is 0 Å². The normalized spacial score (nSPS) is 22.0. The molecule has 3 atom stereocenters. The van der Waals surface area contributed by atoms with Crippen molar-refractivity contribution in [1.29, 1.82) is 0 Å². The van der Waals surface area contributed by atoms with E-state index in [-0.39, 0.29) is 12.0 Å². The Hall–Kier alpha value is -2.08. The predicted octanol–water partition coefficient (Wildman–Crippen LogP) is 3.44. The first-order valence-electron chi connectivity index (χ1n) is 9.50. The average molecular weight is 376 g/mol. The molecule has 1 fully saturated rings. The van der Waals surface area contributed by atoms with Gasteiger partial charge < -0.3 is 19.7 Å². The third kappa shape index (κ3) is 6.54. The van der Waals surface area contributed by atoms with Gasteiger partial charge in [0.25, 0.3) is 0 Å². The number of ether oxygens (including phenoxy) is 2. The maximum Gasteiger partial charge on any atom is 0.408 e. The largest absolute Gasteiger partial charge is 0.459 e. The minimum atomic E-state index is -0.903. The summed E-state index contributed by atoms with van der Waals surface area (Å²) in [6.45, 7) is 11.1. The van der Waals surface area contributed by atoms with E-state index in [1.807, 2.05) is 38.2 Å². The number of nitrogens with zero attached hydrogens (tertiary/aromatic N) is 1. The standard InChI is InChI=1S/C21H32N2O4/c1-14-7-9-16(10-8-14)18(22-20(25)27-21(3,4)5)19(24)26-17-13-23(6)12-11-15(17)2/h7-10,15,17-18H,11-13H2,1-6H3,(H,22,25)/t15?,17-,18?/m0/s1. The lowest BCUT2D eigenvalue weighted by molar-refractivity contribution is -0.157. The molecule has 1 amide bonds. The van der Waals surface area contributed by atoms with Crippen molar-refractivity contribution in [2.24, 2.45) is 5.92 Å². The number of carbonyl (C=O) groups is 2. The highest BCUT2D eigenvalue weighted by Crippen LogP contribution is 2.23. The van der Waals surface area contributed by atoms with Gasteiger partial charge >= 0.3 is 12.1 Å². The fraction of sp³-hybridized carbons (Fsp3) is 0.619. The molecule has 1 aromatic carbocycles. The van der Waals surface area contributed by atoms with E-state index in [4.69, 9.17) is 9.47 Å². The second-order valence-corrected chi connectivity index (χ2v) is 8.49.